The van der Waals surface area contributed by atoms with Crippen molar-refractivity contribution in [2.45, 2.75) is 27.7 Å². The summed E-state index contributed by atoms with van der Waals surface area (Å²) in [5.41, 5.74) is 5.23. The highest BCUT2D eigenvalue weighted by Gasteiger charge is 2.19. The lowest BCUT2D eigenvalue weighted by molar-refractivity contribution is -0.123. The molecule has 3 aromatic rings. The van der Waals surface area contributed by atoms with E-state index in [1.54, 1.807) is 10.9 Å². The van der Waals surface area contributed by atoms with E-state index in [1.807, 2.05) is 69.3 Å². The molecule has 0 saturated heterocycles. The fourth-order valence-electron chi connectivity index (χ4n) is 3.02. The Bertz CT molecular complexity index is 1040. The predicted octanol–water partition coefficient (Wildman–Crippen LogP) is 3.66. The third-order valence-electron chi connectivity index (χ3n) is 4.99. The third-order valence-corrected chi connectivity index (χ3v) is 4.99. The van der Waals surface area contributed by atoms with Gasteiger partial charge in [0, 0.05) is 30.8 Å². The molecule has 1 heterocycles. The van der Waals surface area contributed by atoms with Gasteiger partial charge >= 0.3 is 0 Å². The highest BCUT2D eigenvalue weighted by atomic mass is 16.2. The van der Waals surface area contributed by atoms with Crippen molar-refractivity contribution in [1.29, 1.82) is 0 Å². The Morgan fingerprint density at radius 2 is 1.67 bits per heavy atom. The lowest BCUT2D eigenvalue weighted by atomic mass is 10.0. The minimum Gasteiger partial charge on any atom is -0.354 e. The summed E-state index contributed by atoms with van der Waals surface area (Å²) in [6.45, 7) is 8.50. The van der Waals surface area contributed by atoms with Crippen molar-refractivity contribution in [2.75, 3.05) is 13.1 Å². The molecule has 6 heteroatoms. The van der Waals surface area contributed by atoms with Crippen molar-refractivity contribution in [2.24, 2.45) is 5.92 Å². The maximum atomic E-state index is 12.9. The van der Waals surface area contributed by atoms with E-state index in [4.69, 9.17) is 5.10 Å². The number of nitrogens with zero attached hydrogens (tertiary/aromatic N) is 2. The first kappa shape index (κ1) is 21.3. The summed E-state index contributed by atoms with van der Waals surface area (Å²) < 4.78 is 1.72. The Hall–Kier alpha value is -3.41. The SMILES string of the molecule is Cc1ccc(-c2nn(-c3ccccc3)cc2C(=O)NCCNC(=O)C(C)C)cc1C. The lowest BCUT2D eigenvalue weighted by Gasteiger charge is -2.09. The Morgan fingerprint density at radius 3 is 2.33 bits per heavy atom. The second-order valence-corrected chi connectivity index (χ2v) is 7.67. The van der Waals surface area contributed by atoms with Gasteiger partial charge in [0.15, 0.2) is 0 Å². The Kier molecular flexibility index (Phi) is 6.67. The number of hydrogen-bond acceptors (Lipinski definition) is 3. The number of hydrogen-bond donors (Lipinski definition) is 2. The van der Waals surface area contributed by atoms with Gasteiger partial charge < -0.3 is 10.6 Å². The summed E-state index contributed by atoms with van der Waals surface area (Å²) in [6.07, 6.45) is 1.75. The van der Waals surface area contributed by atoms with Crippen LogP contribution in [0.5, 0.6) is 0 Å². The lowest BCUT2D eigenvalue weighted by Crippen LogP contribution is -2.36. The first-order valence-corrected chi connectivity index (χ1v) is 10.2. The van der Waals surface area contributed by atoms with Crippen molar-refractivity contribution in [3.8, 4) is 16.9 Å². The van der Waals surface area contributed by atoms with Crippen molar-refractivity contribution in [1.82, 2.24) is 20.4 Å². The molecule has 30 heavy (non-hydrogen) atoms. The van der Waals surface area contributed by atoms with Crippen LogP contribution in [0.1, 0.15) is 35.3 Å². The van der Waals surface area contributed by atoms with E-state index in [2.05, 4.69) is 17.6 Å². The zero-order valence-electron chi connectivity index (χ0n) is 17.9. The van der Waals surface area contributed by atoms with Crippen molar-refractivity contribution in [3.05, 3.63) is 71.4 Å². The molecule has 2 aromatic carbocycles. The molecular weight excluding hydrogens is 376 g/mol. The van der Waals surface area contributed by atoms with Gasteiger partial charge in [-0.15, -0.1) is 0 Å². The number of nitrogens with one attached hydrogen (secondary N) is 2. The highest BCUT2D eigenvalue weighted by Crippen LogP contribution is 2.25. The molecule has 0 radical (unpaired) electrons. The van der Waals surface area contributed by atoms with Gasteiger partial charge in [-0.25, -0.2) is 4.68 Å². The Labute approximate surface area is 177 Å². The molecule has 2 N–H and O–H groups in total. The molecule has 0 aliphatic carbocycles. The molecule has 2 amide bonds. The number of benzene rings is 2. The van der Waals surface area contributed by atoms with Crippen molar-refractivity contribution < 1.29 is 9.59 Å². The normalized spacial score (nSPS) is 10.8. The number of rotatable bonds is 7. The van der Waals surface area contributed by atoms with Crippen LogP contribution in [0.2, 0.25) is 0 Å². The quantitative estimate of drug-likeness (QED) is 0.590. The molecule has 1 aromatic heterocycles. The van der Waals surface area contributed by atoms with Crippen LogP contribution in [-0.4, -0.2) is 34.7 Å². The number of carbonyl (C=O) groups is 2. The molecule has 0 fully saturated rings. The molecule has 0 atom stereocenters. The summed E-state index contributed by atoms with van der Waals surface area (Å²) in [6, 6.07) is 15.8. The number of para-hydroxylation sites is 1. The van der Waals surface area contributed by atoms with E-state index in [0.717, 1.165) is 16.8 Å². The van der Waals surface area contributed by atoms with E-state index in [1.165, 1.54) is 5.56 Å². The number of aromatic nitrogens is 2. The standard InChI is InChI=1S/C24H28N4O2/c1-16(2)23(29)25-12-13-26-24(30)21-15-28(20-8-6-5-7-9-20)27-22(21)19-11-10-17(3)18(4)14-19/h5-11,14-16H,12-13H2,1-4H3,(H,25,29)(H,26,30). The third kappa shape index (κ3) is 4.95. The molecule has 0 unspecified atom stereocenters. The summed E-state index contributed by atoms with van der Waals surface area (Å²) in [5, 5.41) is 10.4. The molecule has 0 bridgehead atoms. The van der Waals surface area contributed by atoms with Crippen LogP contribution in [0.15, 0.2) is 54.7 Å². The van der Waals surface area contributed by atoms with Crippen molar-refractivity contribution >= 4 is 11.8 Å². The summed E-state index contributed by atoms with van der Waals surface area (Å²) in [4.78, 5) is 24.6. The number of amides is 2. The van der Waals surface area contributed by atoms with Crippen LogP contribution in [0.4, 0.5) is 0 Å². The molecular formula is C24H28N4O2. The smallest absolute Gasteiger partial charge is 0.255 e. The van der Waals surface area contributed by atoms with Crippen LogP contribution in [0.3, 0.4) is 0 Å². The largest absolute Gasteiger partial charge is 0.354 e. The summed E-state index contributed by atoms with van der Waals surface area (Å²) in [5.74, 6) is -0.331. The fraction of sp³-hybridized carbons (Fsp3) is 0.292. The zero-order chi connectivity index (χ0) is 21.7. The number of aryl methyl sites for hydroxylation is 2. The van der Waals surface area contributed by atoms with Crippen molar-refractivity contribution in [3.63, 3.8) is 0 Å². The first-order chi connectivity index (χ1) is 14.4. The summed E-state index contributed by atoms with van der Waals surface area (Å²) >= 11 is 0. The zero-order valence-corrected chi connectivity index (χ0v) is 17.9. The second-order valence-electron chi connectivity index (χ2n) is 7.67. The molecule has 3 rings (SSSR count). The van der Waals surface area contributed by atoms with E-state index >= 15 is 0 Å². The first-order valence-electron chi connectivity index (χ1n) is 10.2. The Morgan fingerprint density at radius 1 is 0.967 bits per heavy atom. The molecule has 0 aliphatic rings. The summed E-state index contributed by atoms with van der Waals surface area (Å²) in [7, 11) is 0. The van der Waals surface area contributed by atoms with Gasteiger partial charge in [0.1, 0.15) is 5.69 Å². The van der Waals surface area contributed by atoms with Crippen LogP contribution in [-0.2, 0) is 4.79 Å². The van der Waals surface area contributed by atoms with E-state index < -0.39 is 0 Å². The van der Waals surface area contributed by atoms with E-state index in [0.29, 0.717) is 24.3 Å². The maximum Gasteiger partial charge on any atom is 0.255 e. The van der Waals surface area contributed by atoms with Gasteiger partial charge in [0.05, 0.1) is 11.3 Å². The second kappa shape index (κ2) is 9.39. The minimum absolute atomic E-state index is 0.0306. The van der Waals surface area contributed by atoms with E-state index in [9.17, 15) is 9.59 Å². The Balaban J connectivity index is 1.86. The van der Waals surface area contributed by atoms with Crippen LogP contribution in [0, 0.1) is 19.8 Å². The monoisotopic (exact) mass is 404 g/mol. The highest BCUT2D eigenvalue weighted by molar-refractivity contribution is 6.00. The van der Waals surface area contributed by atoms with Gasteiger partial charge in [0.25, 0.3) is 5.91 Å². The van der Waals surface area contributed by atoms with Gasteiger partial charge in [-0.3, -0.25) is 9.59 Å². The molecule has 156 valence electrons. The molecule has 0 spiro atoms. The fourth-order valence-corrected chi connectivity index (χ4v) is 3.02. The van der Waals surface area contributed by atoms with Gasteiger partial charge in [-0.2, -0.15) is 5.10 Å². The maximum absolute atomic E-state index is 12.9. The molecule has 0 aliphatic heterocycles. The molecule has 0 saturated carbocycles. The molecule has 6 nitrogen and oxygen atoms in total. The average molecular weight is 405 g/mol. The predicted molar refractivity (Wildman–Crippen MR) is 119 cm³/mol. The average Bonchev–Trinajstić information content (AvgIpc) is 3.19. The van der Waals surface area contributed by atoms with Gasteiger partial charge in [-0.1, -0.05) is 44.2 Å². The van der Waals surface area contributed by atoms with Gasteiger partial charge in [0.2, 0.25) is 5.91 Å². The van der Waals surface area contributed by atoms with Crippen LogP contribution >= 0.6 is 0 Å². The van der Waals surface area contributed by atoms with Gasteiger partial charge in [-0.05, 0) is 43.2 Å². The van der Waals surface area contributed by atoms with Crippen LogP contribution in [0.25, 0.3) is 16.9 Å². The minimum atomic E-state index is -0.218. The topological polar surface area (TPSA) is 76.0 Å². The number of carbonyl (C=O) groups excluding carboxylic acids is 2. The van der Waals surface area contributed by atoms with E-state index in [-0.39, 0.29) is 17.7 Å². The van der Waals surface area contributed by atoms with Crippen LogP contribution < -0.4 is 10.6 Å².